The second-order valence-corrected chi connectivity index (χ2v) is 9.75. The first-order chi connectivity index (χ1) is 19.7. The van der Waals surface area contributed by atoms with E-state index < -0.39 is 29.9 Å². The number of aromatic carboxylic acids is 1. The molecule has 11 heteroatoms. The van der Waals surface area contributed by atoms with E-state index in [-0.39, 0.29) is 22.8 Å². The lowest BCUT2D eigenvalue weighted by Crippen LogP contribution is -2.50. The predicted molar refractivity (Wildman–Crippen MR) is 155 cm³/mol. The zero-order valence-corrected chi connectivity index (χ0v) is 23.2. The van der Waals surface area contributed by atoms with Crippen LogP contribution in [0.25, 0.3) is 11.3 Å². The van der Waals surface area contributed by atoms with Crippen LogP contribution in [-0.4, -0.2) is 41.3 Å². The molecular weight excluding hydrogens is 569 g/mol. The van der Waals surface area contributed by atoms with Crippen LogP contribution in [0.2, 0.25) is 10.0 Å². The van der Waals surface area contributed by atoms with Crippen molar-refractivity contribution in [2.24, 2.45) is 5.10 Å². The second kappa shape index (κ2) is 13.6. The van der Waals surface area contributed by atoms with Gasteiger partial charge in [-0.1, -0.05) is 65.7 Å². The number of amides is 2. The lowest BCUT2D eigenvalue weighted by molar-refractivity contribution is -0.132. The number of furan rings is 1. The van der Waals surface area contributed by atoms with Crippen LogP contribution in [0.5, 0.6) is 5.75 Å². The van der Waals surface area contributed by atoms with Crippen LogP contribution < -0.4 is 15.5 Å². The fraction of sp³-hybridized carbons (Fsp3) is 0.133. The van der Waals surface area contributed by atoms with Gasteiger partial charge < -0.3 is 19.6 Å². The molecule has 3 aromatic carbocycles. The first kappa shape index (κ1) is 29.4. The molecule has 0 bridgehead atoms. The fourth-order valence-electron chi connectivity index (χ4n) is 3.75. The van der Waals surface area contributed by atoms with Gasteiger partial charge >= 0.3 is 5.97 Å². The molecule has 3 N–H and O–H groups in total. The van der Waals surface area contributed by atoms with E-state index in [1.807, 2.05) is 30.3 Å². The third-order valence-corrected chi connectivity index (χ3v) is 6.42. The van der Waals surface area contributed by atoms with E-state index in [0.717, 1.165) is 5.56 Å². The summed E-state index contributed by atoms with van der Waals surface area (Å²) in [5.41, 5.74) is 4.12. The summed E-state index contributed by atoms with van der Waals surface area (Å²) >= 11 is 12.1. The Morgan fingerprint density at radius 2 is 1.71 bits per heavy atom. The molecule has 210 valence electrons. The van der Waals surface area contributed by atoms with Crippen LogP contribution >= 0.6 is 23.2 Å². The summed E-state index contributed by atoms with van der Waals surface area (Å²) in [7, 11) is 0. The Hall–Kier alpha value is -4.60. The van der Waals surface area contributed by atoms with Crippen molar-refractivity contribution in [1.29, 1.82) is 0 Å². The number of carbonyl (C=O) groups is 3. The van der Waals surface area contributed by atoms with E-state index in [1.165, 1.54) is 24.4 Å². The third-order valence-electron chi connectivity index (χ3n) is 5.89. The molecule has 0 aliphatic heterocycles. The normalized spacial score (nSPS) is 12.5. The SMILES string of the molecule is C[C@@H](Oc1ccc(Cl)cc1Cl)C(=O)N[C@H](Cc1ccccc1)C(=O)N/N=C\c1ccc(-c2ccc(C(=O)O)cc2)o1. The van der Waals surface area contributed by atoms with Crippen LogP contribution in [-0.2, 0) is 16.0 Å². The van der Waals surface area contributed by atoms with Gasteiger partial charge in [0.05, 0.1) is 16.8 Å². The molecule has 0 spiro atoms. The van der Waals surface area contributed by atoms with Crippen molar-refractivity contribution in [2.45, 2.75) is 25.5 Å². The number of hydrazone groups is 1. The highest BCUT2D eigenvalue weighted by atomic mass is 35.5. The molecule has 2 atom stereocenters. The zero-order chi connectivity index (χ0) is 29.4. The summed E-state index contributed by atoms with van der Waals surface area (Å²) in [6.07, 6.45) is 0.566. The van der Waals surface area contributed by atoms with E-state index in [4.69, 9.17) is 37.5 Å². The topological polar surface area (TPSA) is 130 Å². The molecule has 0 fully saturated rings. The Kier molecular flexibility index (Phi) is 9.78. The van der Waals surface area contributed by atoms with Crippen molar-refractivity contribution in [1.82, 2.24) is 10.7 Å². The molecule has 1 aromatic heterocycles. The Bertz CT molecular complexity index is 1550. The quantitative estimate of drug-likeness (QED) is 0.153. The Labute approximate surface area is 245 Å². The minimum atomic E-state index is -1.02. The second-order valence-electron chi connectivity index (χ2n) is 8.90. The first-order valence-electron chi connectivity index (χ1n) is 12.4. The summed E-state index contributed by atoms with van der Waals surface area (Å²) in [6.45, 7) is 1.54. The fourth-order valence-corrected chi connectivity index (χ4v) is 4.21. The van der Waals surface area contributed by atoms with Gasteiger partial charge in [0.1, 0.15) is 23.3 Å². The van der Waals surface area contributed by atoms with Gasteiger partial charge in [-0.2, -0.15) is 5.10 Å². The van der Waals surface area contributed by atoms with Crippen LogP contribution in [0.1, 0.15) is 28.6 Å². The van der Waals surface area contributed by atoms with Crippen LogP contribution in [0.3, 0.4) is 0 Å². The molecule has 0 radical (unpaired) electrons. The number of nitrogens with one attached hydrogen (secondary N) is 2. The van der Waals surface area contributed by atoms with Gasteiger partial charge in [-0.3, -0.25) is 9.59 Å². The number of hydrogen-bond donors (Lipinski definition) is 3. The highest BCUT2D eigenvalue weighted by Crippen LogP contribution is 2.28. The van der Waals surface area contributed by atoms with Gasteiger partial charge in [-0.05, 0) is 55.0 Å². The standard InChI is InChI=1S/C30H25Cl2N3O6/c1-18(40-27-13-11-22(31)16-24(27)32)28(36)34-25(15-19-5-3-2-4-6-19)29(37)35-33-17-23-12-14-26(41-23)20-7-9-21(10-8-20)30(38)39/h2-14,16-18,25H,15H2,1H3,(H,34,36)(H,35,37)(H,38,39)/b33-17-/t18-,25-/m1/s1. The van der Waals surface area contributed by atoms with Crippen LogP contribution in [0.15, 0.2) is 94.4 Å². The largest absolute Gasteiger partial charge is 0.479 e. The molecule has 0 unspecified atom stereocenters. The van der Waals surface area contributed by atoms with Crippen molar-refractivity contribution < 1.29 is 28.6 Å². The third kappa shape index (κ3) is 8.20. The lowest BCUT2D eigenvalue weighted by Gasteiger charge is -2.21. The molecule has 0 saturated heterocycles. The van der Waals surface area contributed by atoms with Gasteiger partial charge in [-0.15, -0.1) is 0 Å². The maximum absolute atomic E-state index is 13.1. The number of carboxylic acid groups (broad SMARTS) is 1. The minimum absolute atomic E-state index is 0.164. The van der Waals surface area contributed by atoms with Crippen molar-refractivity contribution in [3.8, 4) is 17.1 Å². The number of ether oxygens (including phenoxy) is 1. The molecule has 0 aliphatic rings. The molecule has 0 saturated carbocycles. The maximum Gasteiger partial charge on any atom is 0.335 e. The van der Waals surface area contributed by atoms with Gasteiger partial charge in [0.2, 0.25) is 0 Å². The molecule has 4 rings (SSSR count). The van der Waals surface area contributed by atoms with E-state index in [0.29, 0.717) is 22.1 Å². The number of carboxylic acids is 1. The number of nitrogens with zero attached hydrogens (tertiary/aromatic N) is 1. The van der Waals surface area contributed by atoms with Crippen molar-refractivity contribution in [3.63, 3.8) is 0 Å². The maximum atomic E-state index is 13.1. The van der Waals surface area contributed by atoms with E-state index in [2.05, 4.69) is 15.8 Å². The average molecular weight is 594 g/mol. The monoisotopic (exact) mass is 593 g/mol. The van der Waals surface area contributed by atoms with Crippen LogP contribution in [0, 0.1) is 0 Å². The summed E-state index contributed by atoms with van der Waals surface area (Å²) in [4.78, 5) is 37.1. The van der Waals surface area contributed by atoms with Gasteiger partial charge in [0.25, 0.3) is 11.8 Å². The van der Waals surface area contributed by atoms with Crippen LogP contribution in [0.4, 0.5) is 0 Å². The Morgan fingerprint density at radius 1 is 0.976 bits per heavy atom. The van der Waals surface area contributed by atoms with E-state index >= 15 is 0 Å². The highest BCUT2D eigenvalue weighted by Gasteiger charge is 2.25. The molecule has 41 heavy (non-hydrogen) atoms. The molecule has 2 amide bonds. The first-order valence-corrected chi connectivity index (χ1v) is 13.2. The van der Waals surface area contributed by atoms with E-state index in [1.54, 1.807) is 43.3 Å². The number of halogens is 2. The van der Waals surface area contributed by atoms with Crippen molar-refractivity contribution in [2.75, 3.05) is 0 Å². The zero-order valence-electron chi connectivity index (χ0n) is 21.7. The average Bonchev–Trinajstić information content (AvgIpc) is 3.43. The smallest absolute Gasteiger partial charge is 0.335 e. The minimum Gasteiger partial charge on any atom is -0.479 e. The summed E-state index contributed by atoms with van der Waals surface area (Å²) in [5, 5.41) is 16.4. The number of rotatable bonds is 11. The van der Waals surface area contributed by atoms with E-state index in [9.17, 15) is 14.4 Å². The summed E-state index contributed by atoms with van der Waals surface area (Å²) in [5.74, 6) is -0.962. The van der Waals surface area contributed by atoms with Crippen molar-refractivity contribution >= 4 is 47.2 Å². The number of benzene rings is 3. The summed E-state index contributed by atoms with van der Waals surface area (Å²) in [6, 6.07) is 22.5. The molecular formula is C30H25Cl2N3O6. The highest BCUT2D eigenvalue weighted by molar-refractivity contribution is 6.35. The van der Waals surface area contributed by atoms with Gasteiger partial charge in [0, 0.05) is 17.0 Å². The lowest BCUT2D eigenvalue weighted by atomic mass is 10.1. The molecule has 4 aromatic rings. The van der Waals surface area contributed by atoms with Gasteiger partial charge in [-0.25, -0.2) is 10.2 Å². The molecule has 0 aliphatic carbocycles. The number of hydrogen-bond acceptors (Lipinski definition) is 6. The summed E-state index contributed by atoms with van der Waals surface area (Å²) < 4.78 is 11.4. The molecule has 9 nitrogen and oxygen atoms in total. The van der Waals surface area contributed by atoms with Gasteiger partial charge in [0.15, 0.2) is 6.10 Å². The Morgan fingerprint density at radius 3 is 2.39 bits per heavy atom. The van der Waals surface area contributed by atoms with Crippen molar-refractivity contribution in [3.05, 3.63) is 112 Å². The Balaban J connectivity index is 1.41. The number of carbonyl (C=O) groups excluding carboxylic acids is 2. The molecule has 1 heterocycles. The predicted octanol–water partition coefficient (Wildman–Crippen LogP) is 5.60.